The van der Waals surface area contributed by atoms with E-state index < -0.39 is 11.9 Å². The molecule has 0 saturated heterocycles. The van der Waals surface area contributed by atoms with Crippen molar-refractivity contribution < 1.29 is 19.4 Å². The van der Waals surface area contributed by atoms with Crippen LogP contribution in [-0.2, 0) is 14.3 Å². The van der Waals surface area contributed by atoms with Crippen LogP contribution in [0.1, 0.15) is 0 Å². The molecule has 0 spiro atoms. The highest BCUT2D eigenvalue weighted by molar-refractivity contribution is 5.94. The third-order valence-electron chi connectivity index (χ3n) is 1.77. The number of aliphatic carboxylic acids is 1. The predicted octanol–water partition coefficient (Wildman–Crippen LogP) is 1.22. The van der Waals surface area contributed by atoms with Crippen molar-refractivity contribution in [3.63, 3.8) is 0 Å². The Labute approximate surface area is 86.9 Å². The monoisotopic (exact) mass is 206 g/mol. The summed E-state index contributed by atoms with van der Waals surface area (Å²) in [6.45, 7) is 0. The van der Waals surface area contributed by atoms with Crippen molar-refractivity contribution in [3.05, 3.63) is 47.6 Å². The average molecular weight is 206 g/mol. The molecular weight excluding hydrogens is 196 g/mol. The summed E-state index contributed by atoms with van der Waals surface area (Å²) in [6, 6.07) is 0. The van der Waals surface area contributed by atoms with Gasteiger partial charge in [0, 0.05) is 0 Å². The Morgan fingerprint density at radius 2 is 1.67 bits per heavy atom. The number of carbonyl (C=O) groups is 2. The van der Waals surface area contributed by atoms with Crippen LogP contribution in [0.15, 0.2) is 47.6 Å². The number of esters is 1. The van der Waals surface area contributed by atoms with E-state index in [0.29, 0.717) is 5.57 Å². The van der Waals surface area contributed by atoms with Gasteiger partial charge in [0.25, 0.3) is 0 Å². The highest BCUT2D eigenvalue weighted by Crippen LogP contribution is 2.08. The number of carboxylic acid groups (broad SMARTS) is 1. The lowest BCUT2D eigenvalue weighted by atomic mass is 10.1. The Hall–Kier alpha value is -2.10. The summed E-state index contributed by atoms with van der Waals surface area (Å²) in [7, 11) is 1.27. The number of ether oxygens (including phenoxy) is 1. The van der Waals surface area contributed by atoms with E-state index in [1.54, 1.807) is 18.2 Å². The van der Waals surface area contributed by atoms with E-state index in [9.17, 15) is 9.59 Å². The molecule has 0 fully saturated rings. The minimum Gasteiger partial charge on any atom is -0.478 e. The number of allylic oxidation sites excluding steroid dienone is 4. The lowest BCUT2D eigenvalue weighted by Gasteiger charge is -2.00. The number of carboxylic acids is 1. The van der Waals surface area contributed by atoms with Gasteiger partial charge in [-0.25, -0.2) is 9.59 Å². The maximum Gasteiger partial charge on any atom is 0.337 e. The first-order valence-corrected chi connectivity index (χ1v) is 4.23. The van der Waals surface area contributed by atoms with Crippen molar-refractivity contribution in [1.82, 2.24) is 0 Å². The summed E-state index contributed by atoms with van der Waals surface area (Å²) < 4.78 is 4.52. The van der Waals surface area contributed by atoms with Gasteiger partial charge in [-0.3, -0.25) is 0 Å². The molecule has 0 aromatic heterocycles. The fourth-order valence-electron chi connectivity index (χ4n) is 1.01. The second kappa shape index (κ2) is 4.95. The second-order valence-corrected chi connectivity index (χ2v) is 2.76. The molecule has 0 unspecified atom stereocenters. The molecule has 0 atom stereocenters. The quantitative estimate of drug-likeness (QED) is 0.690. The van der Waals surface area contributed by atoms with Gasteiger partial charge in [-0.1, -0.05) is 12.2 Å². The van der Waals surface area contributed by atoms with Gasteiger partial charge in [0.2, 0.25) is 0 Å². The van der Waals surface area contributed by atoms with E-state index in [0.717, 1.165) is 0 Å². The summed E-state index contributed by atoms with van der Waals surface area (Å²) in [5, 5.41) is 8.75. The minimum absolute atomic E-state index is 0.112. The first-order chi connectivity index (χ1) is 7.15. The van der Waals surface area contributed by atoms with Gasteiger partial charge in [-0.15, -0.1) is 0 Å². The Bertz CT molecular complexity index is 397. The highest BCUT2D eigenvalue weighted by atomic mass is 16.5. The van der Waals surface area contributed by atoms with Gasteiger partial charge >= 0.3 is 11.9 Å². The molecule has 0 aliphatic heterocycles. The molecule has 0 saturated carbocycles. The van der Waals surface area contributed by atoms with Crippen LogP contribution in [-0.4, -0.2) is 24.2 Å². The molecule has 1 aliphatic carbocycles. The van der Waals surface area contributed by atoms with Crippen molar-refractivity contribution in [1.29, 1.82) is 0 Å². The van der Waals surface area contributed by atoms with Gasteiger partial charge in [0.15, 0.2) is 0 Å². The predicted molar refractivity (Wildman–Crippen MR) is 54.1 cm³/mol. The molecule has 0 aromatic rings. The average Bonchev–Trinajstić information content (AvgIpc) is 2.16. The van der Waals surface area contributed by atoms with Crippen LogP contribution in [0.5, 0.6) is 0 Å². The Morgan fingerprint density at radius 3 is 2.20 bits per heavy atom. The maximum absolute atomic E-state index is 11.2. The summed E-state index contributed by atoms with van der Waals surface area (Å²) in [6.07, 6.45) is 8.90. The molecule has 78 valence electrons. The molecule has 4 nitrogen and oxygen atoms in total. The van der Waals surface area contributed by atoms with Gasteiger partial charge in [-0.05, 0) is 24.3 Å². The van der Waals surface area contributed by atoms with Gasteiger partial charge in [-0.2, -0.15) is 0 Å². The lowest BCUT2D eigenvalue weighted by Crippen LogP contribution is -2.04. The number of hydrogen-bond acceptors (Lipinski definition) is 3. The zero-order valence-electron chi connectivity index (χ0n) is 8.14. The SMILES string of the molecule is COC(=O)C1=C/C=C\C=C(C(=O)O)/C=C\1. The Balaban J connectivity index is 2.96. The Kier molecular flexibility index (Phi) is 3.62. The van der Waals surface area contributed by atoms with Crippen LogP contribution in [0.2, 0.25) is 0 Å². The molecule has 1 aliphatic rings. The van der Waals surface area contributed by atoms with E-state index in [1.165, 1.54) is 25.3 Å². The third-order valence-corrected chi connectivity index (χ3v) is 1.77. The Morgan fingerprint density at radius 1 is 1.13 bits per heavy atom. The van der Waals surface area contributed by atoms with E-state index in [1.807, 2.05) is 0 Å². The van der Waals surface area contributed by atoms with Gasteiger partial charge < -0.3 is 9.84 Å². The van der Waals surface area contributed by atoms with E-state index in [4.69, 9.17) is 5.11 Å². The molecule has 15 heavy (non-hydrogen) atoms. The van der Waals surface area contributed by atoms with Crippen LogP contribution in [0.25, 0.3) is 0 Å². The highest BCUT2D eigenvalue weighted by Gasteiger charge is 2.08. The summed E-state index contributed by atoms with van der Waals surface area (Å²) in [5.41, 5.74) is 0.418. The van der Waals surface area contributed by atoms with E-state index in [2.05, 4.69) is 4.74 Å². The normalized spacial score (nSPS) is 25.9. The standard InChI is InChI=1S/C11H10O4/c1-15-11(14)9-5-3-2-4-8(6-7-9)10(12)13/h2-7H,1H3,(H,12,13)/b3-2-,4-2?,5-3?,7-6-,8-4+,8-6?,9-5+,9-7?. The van der Waals surface area contributed by atoms with Crippen LogP contribution in [0.4, 0.5) is 0 Å². The first kappa shape index (κ1) is 11.0. The van der Waals surface area contributed by atoms with Crippen LogP contribution in [0, 0.1) is 0 Å². The minimum atomic E-state index is -1.04. The number of carbonyl (C=O) groups excluding carboxylic acids is 1. The smallest absolute Gasteiger partial charge is 0.337 e. The topological polar surface area (TPSA) is 63.6 Å². The first-order valence-electron chi connectivity index (χ1n) is 4.23. The van der Waals surface area contributed by atoms with Gasteiger partial charge in [0.1, 0.15) is 0 Å². The maximum atomic E-state index is 11.2. The van der Waals surface area contributed by atoms with E-state index in [-0.39, 0.29) is 5.57 Å². The summed E-state index contributed by atoms with van der Waals surface area (Å²) in [5.74, 6) is -1.54. The second-order valence-electron chi connectivity index (χ2n) is 2.76. The van der Waals surface area contributed by atoms with Crippen molar-refractivity contribution in [3.8, 4) is 0 Å². The van der Waals surface area contributed by atoms with E-state index >= 15 is 0 Å². The fraction of sp³-hybridized carbons (Fsp3) is 0.0909. The molecule has 0 aromatic carbocycles. The van der Waals surface area contributed by atoms with Crippen LogP contribution >= 0.6 is 0 Å². The molecule has 0 radical (unpaired) electrons. The van der Waals surface area contributed by atoms with Crippen LogP contribution in [0.3, 0.4) is 0 Å². The fourth-order valence-corrected chi connectivity index (χ4v) is 1.01. The summed E-state index contributed by atoms with van der Waals surface area (Å²) >= 11 is 0. The number of methoxy groups -OCH3 is 1. The third kappa shape index (κ3) is 2.95. The zero-order chi connectivity index (χ0) is 11.3. The summed E-state index contributed by atoms with van der Waals surface area (Å²) in [4.78, 5) is 21.8. The largest absolute Gasteiger partial charge is 0.478 e. The molecule has 0 bridgehead atoms. The zero-order valence-corrected chi connectivity index (χ0v) is 8.14. The van der Waals surface area contributed by atoms with Crippen LogP contribution < -0.4 is 0 Å². The van der Waals surface area contributed by atoms with Gasteiger partial charge in [0.05, 0.1) is 18.3 Å². The number of hydrogen-bond donors (Lipinski definition) is 1. The number of rotatable bonds is 2. The van der Waals surface area contributed by atoms with Crippen molar-refractivity contribution >= 4 is 11.9 Å². The van der Waals surface area contributed by atoms with Crippen molar-refractivity contribution in [2.75, 3.05) is 7.11 Å². The van der Waals surface area contributed by atoms with Crippen molar-refractivity contribution in [2.24, 2.45) is 0 Å². The molecule has 4 heteroatoms. The van der Waals surface area contributed by atoms with Crippen molar-refractivity contribution in [2.45, 2.75) is 0 Å². The molecule has 0 amide bonds. The molecule has 0 heterocycles. The molecular formula is C11H10O4. The lowest BCUT2D eigenvalue weighted by molar-refractivity contribution is -0.136. The molecule has 1 rings (SSSR count). The molecule has 1 N–H and O–H groups in total.